The predicted octanol–water partition coefficient (Wildman–Crippen LogP) is 0.850. The molecule has 1 amide bonds. The Bertz CT molecular complexity index is 431. The van der Waals surface area contributed by atoms with E-state index in [1.54, 1.807) is 0 Å². The van der Waals surface area contributed by atoms with Gasteiger partial charge >= 0.3 is 5.97 Å². The van der Waals surface area contributed by atoms with Gasteiger partial charge in [-0.05, 0) is 12.3 Å². The van der Waals surface area contributed by atoms with E-state index in [0.717, 1.165) is 19.3 Å². The number of nitrogens with one attached hydrogen (secondary N) is 1. The molecule has 0 aromatic carbocycles. The lowest BCUT2D eigenvalue weighted by Gasteiger charge is -2.28. The Morgan fingerprint density at radius 3 is 2.72 bits per heavy atom. The van der Waals surface area contributed by atoms with Crippen molar-refractivity contribution < 1.29 is 14.7 Å². The van der Waals surface area contributed by atoms with Crippen molar-refractivity contribution in [2.75, 3.05) is 0 Å². The fraction of sp³-hybridized carbons (Fsp3) is 0.500. The molecule has 1 aliphatic rings. The van der Waals surface area contributed by atoms with Gasteiger partial charge in [-0.2, -0.15) is 0 Å². The molecule has 0 aliphatic heterocycles. The Morgan fingerprint density at radius 2 is 2.22 bits per heavy atom. The summed E-state index contributed by atoms with van der Waals surface area (Å²) in [4.78, 5) is 30.5. The monoisotopic (exact) mass is 249 g/mol. The van der Waals surface area contributed by atoms with Gasteiger partial charge in [0.2, 0.25) is 0 Å². The normalized spacial score (nSPS) is 16.7. The number of nitrogens with zero attached hydrogens (tertiary/aromatic N) is 2. The standard InChI is InChI=1S/C12H15N3O3/c16-11(10-7-13-4-5-14-10)15-9(12(17)18)6-8-2-1-3-8/h4-5,7-9H,1-3,6H2,(H,15,16)(H,17,18). The molecule has 6 heteroatoms. The summed E-state index contributed by atoms with van der Waals surface area (Å²) in [5, 5.41) is 11.6. The minimum Gasteiger partial charge on any atom is -0.480 e. The minimum atomic E-state index is -1.00. The lowest BCUT2D eigenvalue weighted by molar-refractivity contribution is -0.139. The number of hydrogen-bond acceptors (Lipinski definition) is 4. The number of rotatable bonds is 5. The van der Waals surface area contributed by atoms with E-state index in [-0.39, 0.29) is 5.69 Å². The summed E-state index contributed by atoms with van der Waals surface area (Å²) in [6.45, 7) is 0. The van der Waals surface area contributed by atoms with Crippen molar-refractivity contribution in [3.05, 3.63) is 24.3 Å². The first-order chi connectivity index (χ1) is 8.66. The first-order valence-electron chi connectivity index (χ1n) is 5.96. The number of aromatic nitrogens is 2. The Kier molecular flexibility index (Phi) is 3.86. The lowest BCUT2D eigenvalue weighted by Crippen LogP contribution is -2.43. The fourth-order valence-corrected chi connectivity index (χ4v) is 1.93. The second-order valence-electron chi connectivity index (χ2n) is 4.49. The molecular formula is C12H15N3O3. The highest BCUT2D eigenvalue weighted by Gasteiger charge is 2.28. The molecule has 1 saturated carbocycles. The van der Waals surface area contributed by atoms with Crippen LogP contribution in [0.15, 0.2) is 18.6 Å². The molecular weight excluding hydrogens is 234 g/mol. The van der Waals surface area contributed by atoms with Gasteiger partial charge in [0.05, 0.1) is 6.20 Å². The average molecular weight is 249 g/mol. The Balaban J connectivity index is 1.95. The first-order valence-corrected chi connectivity index (χ1v) is 5.96. The zero-order valence-corrected chi connectivity index (χ0v) is 9.87. The number of hydrogen-bond donors (Lipinski definition) is 2. The second-order valence-corrected chi connectivity index (χ2v) is 4.49. The van der Waals surface area contributed by atoms with Crippen LogP contribution in [-0.2, 0) is 4.79 Å². The van der Waals surface area contributed by atoms with Crippen LogP contribution in [0.4, 0.5) is 0 Å². The van der Waals surface area contributed by atoms with E-state index in [1.807, 2.05) is 0 Å². The molecule has 1 unspecified atom stereocenters. The molecule has 0 spiro atoms. The summed E-state index contributed by atoms with van der Waals surface area (Å²) < 4.78 is 0. The molecule has 1 heterocycles. The number of aliphatic carboxylic acids is 1. The summed E-state index contributed by atoms with van der Waals surface area (Å²) >= 11 is 0. The smallest absolute Gasteiger partial charge is 0.326 e. The fourth-order valence-electron chi connectivity index (χ4n) is 1.93. The zero-order chi connectivity index (χ0) is 13.0. The molecule has 0 saturated heterocycles. The number of amides is 1. The van der Waals surface area contributed by atoms with E-state index in [4.69, 9.17) is 5.11 Å². The van der Waals surface area contributed by atoms with Crippen LogP contribution in [0.3, 0.4) is 0 Å². The largest absolute Gasteiger partial charge is 0.480 e. The van der Waals surface area contributed by atoms with Crippen LogP contribution < -0.4 is 5.32 Å². The number of carboxylic acid groups (broad SMARTS) is 1. The number of carbonyl (C=O) groups is 2. The Morgan fingerprint density at radius 1 is 1.44 bits per heavy atom. The van der Waals surface area contributed by atoms with Crippen LogP contribution in [0.1, 0.15) is 36.2 Å². The molecule has 2 N–H and O–H groups in total. The highest BCUT2D eigenvalue weighted by atomic mass is 16.4. The topological polar surface area (TPSA) is 92.2 Å². The molecule has 1 aromatic heterocycles. The van der Waals surface area contributed by atoms with E-state index in [1.165, 1.54) is 18.6 Å². The predicted molar refractivity (Wildman–Crippen MR) is 62.9 cm³/mol. The molecule has 1 atom stereocenters. The summed E-state index contributed by atoms with van der Waals surface area (Å²) in [6, 6.07) is -0.843. The van der Waals surface area contributed by atoms with Gasteiger partial charge in [-0.3, -0.25) is 9.78 Å². The van der Waals surface area contributed by atoms with Crippen molar-refractivity contribution in [2.24, 2.45) is 5.92 Å². The SMILES string of the molecule is O=C(NC(CC1CCC1)C(=O)O)c1cnccn1. The molecule has 1 aliphatic carbocycles. The van der Waals surface area contributed by atoms with Crippen LogP contribution in [0.25, 0.3) is 0 Å². The maximum atomic E-state index is 11.8. The average Bonchev–Trinajstić information content (AvgIpc) is 2.32. The van der Waals surface area contributed by atoms with Gasteiger partial charge in [-0.15, -0.1) is 0 Å². The van der Waals surface area contributed by atoms with Crippen molar-refractivity contribution in [1.82, 2.24) is 15.3 Å². The summed E-state index contributed by atoms with van der Waals surface area (Å²) in [6.07, 6.45) is 7.90. The summed E-state index contributed by atoms with van der Waals surface area (Å²) in [5.74, 6) is -1.08. The van der Waals surface area contributed by atoms with Gasteiger partial charge < -0.3 is 10.4 Å². The minimum absolute atomic E-state index is 0.136. The molecule has 18 heavy (non-hydrogen) atoms. The van der Waals surface area contributed by atoms with Crippen molar-refractivity contribution in [2.45, 2.75) is 31.7 Å². The van der Waals surface area contributed by atoms with Gasteiger partial charge in [0.1, 0.15) is 11.7 Å². The number of carboxylic acids is 1. The zero-order valence-electron chi connectivity index (χ0n) is 9.87. The highest BCUT2D eigenvalue weighted by molar-refractivity contribution is 5.94. The maximum Gasteiger partial charge on any atom is 0.326 e. The van der Waals surface area contributed by atoms with Crippen LogP contribution in [0, 0.1) is 5.92 Å². The van der Waals surface area contributed by atoms with Crippen LogP contribution >= 0.6 is 0 Å². The molecule has 96 valence electrons. The second kappa shape index (κ2) is 5.57. The van der Waals surface area contributed by atoms with Crippen LogP contribution in [0.2, 0.25) is 0 Å². The molecule has 0 radical (unpaired) electrons. The summed E-state index contributed by atoms with van der Waals surface area (Å²) in [7, 11) is 0. The van der Waals surface area contributed by atoms with E-state index < -0.39 is 17.9 Å². The van der Waals surface area contributed by atoms with Crippen molar-refractivity contribution in [1.29, 1.82) is 0 Å². The van der Waals surface area contributed by atoms with Gasteiger partial charge in [-0.25, -0.2) is 9.78 Å². The molecule has 1 fully saturated rings. The Hall–Kier alpha value is -1.98. The van der Waals surface area contributed by atoms with E-state index in [0.29, 0.717) is 12.3 Å². The van der Waals surface area contributed by atoms with E-state index >= 15 is 0 Å². The molecule has 1 aromatic rings. The molecule has 0 bridgehead atoms. The van der Waals surface area contributed by atoms with Gasteiger partial charge in [-0.1, -0.05) is 19.3 Å². The van der Waals surface area contributed by atoms with Gasteiger partial charge in [0, 0.05) is 12.4 Å². The Labute approximate surface area is 104 Å². The van der Waals surface area contributed by atoms with Crippen LogP contribution in [0.5, 0.6) is 0 Å². The van der Waals surface area contributed by atoms with E-state index in [9.17, 15) is 9.59 Å². The first kappa shape index (κ1) is 12.5. The third kappa shape index (κ3) is 3.03. The van der Waals surface area contributed by atoms with E-state index in [2.05, 4.69) is 15.3 Å². The maximum absolute atomic E-state index is 11.8. The van der Waals surface area contributed by atoms with Crippen molar-refractivity contribution >= 4 is 11.9 Å². The third-order valence-electron chi connectivity index (χ3n) is 3.19. The number of carbonyl (C=O) groups excluding carboxylic acids is 1. The highest BCUT2D eigenvalue weighted by Crippen LogP contribution is 2.30. The quantitative estimate of drug-likeness (QED) is 0.807. The third-order valence-corrected chi connectivity index (χ3v) is 3.19. The van der Waals surface area contributed by atoms with Crippen molar-refractivity contribution in [3.63, 3.8) is 0 Å². The molecule has 6 nitrogen and oxygen atoms in total. The summed E-state index contributed by atoms with van der Waals surface area (Å²) in [5.41, 5.74) is 0.136. The lowest BCUT2D eigenvalue weighted by atomic mass is 9.81. The van der Waals surface area contributed by atoms with Gasteiger partial charge in [0.15, 0.2) is 0 Å². The molecule has 2 rings (SSSR count). The van der Waals surface area contributed by atoms with Crippen molar-refractivity contribution in [3.8, 4) is 0 Å². The van der Waals surface area contributed by atoms with Gasteiger partial charge in [0.25, 0.3) is 5.91 Å². The van der Waals surface area contributed by atoms with Crippen LogP contribution in [-0.4, -0.2) is 33.0 Å².